The van der Waals surface area contributed by atoms with Gasteiger partial charge in [0.2, 0.25) is 5.91 Å². The summed E-state index contributed by atoms with van der Waals surface area (Å²) in [7, 11) is 0. The molecule has 0 saturated carbocycles. The second kappa shape index (κ2) is 9.61. The minimum Gasteiger partial charge on any atom is -0.405 e. The van der Waals surface area contributed by atoms with Crippen molar-refractivity contribution in [3.8, 4) is 5.75 Å². The lowest BCUT2D eigenvalue weighted by molar-refractivity contribution is -0.275. The number of benzene rings is 2. The van der Waals surface area contributed by atoms with Gasteiger partial charge in [0.05, 0.1) is 0 Å². The number of piperidine rings is 2. The van der Waals surface area contributed by atoms with Crippen molar-refractivity contribution in [2.24, 2.45) is 0 Å². The highest BCUT2D eigenvalue weighted by Crippen LogP contribution is 2.35. The average Bonchev–Trinajstić information content (AvgIpc) is 3.15. The van der Waals surface area contributed by atoms with E-state index in [1.54, 1.807) is 17.0 Å². The van der Waals surface area contributed by atoms with Crippen LogP contribution >= 0.6 is 0 Å². The summed E-state index contributed by atoms with van der Waals surface area (Å²) in [6, 6.07) is 11.7. The zero-order valence-electron chi connectivity index (χ0n) is 19.8. The van der Waals surface area contributed by atoms with Crippen LogP contribution < -0.4 is 10.1 Å². The Bertz CT molecular complexity index is 1190. The summed E-state index contributed by atoms with van der Waals surface area (Å²) in [6.45, 7) is 6.11. The van der Waals surface area contributed by atoms with E-state index in [1.165, 1.54) is 12.1 Å². The highest BCUT2D eigenvalue weighted by atomic mass is 19.4. The average molecular weight is 500 g/mol. The second-order valence-electron chi connectivity index (χ2n) is 9.70. The molecule has 0 bridgehead atoms. The van der Waals surface area contributed by atoms with Crippen molar-refractivity contribution >= 4 is 11.8 Å². The van der Waals surface area contributed by atoms with Gasteiger partial charge in [-0.05, 0) is 68.0 Å². The van der Waals surface area contributed by atoms with Crippen LogP contribution in [0.15, 0.2) is 54.7 Å². The molecule has 9 heteroatoms. The zero-order valence-corrected chi connectivity index (χ0v) is 19.8. The number of fused-ring (bicyclic) bond motifs is 1. The van der Waals surface area contributed by atoms with Crippen LogP contribution in [0.4, 0.5) is 13.2 Å². The SMILES string of the molecule is C=C1CCC(N2Cc3cc(C4CCN(Cc5ccccc5OC(F)(F)F)CC4)ccc3C2=O)C(=O)N1. The lowest BCUT2D eigenvalue weighted by Gasteiger charge is -2.32. The first-order valence-corrected chi connectivity index (χ1v) is 12.2. The molecule has 3 heterocycles. The number of hydrogen-bond acceptors (Lipinski definition) is 4. The maximum absolute atomic E-state index is 13.0. The molecule has 0 aromatic heterocycles. The van der Waals surface area contributed by atoms with E-state index in [-0.39, 0.29) is 17.6 Å². The first-order chi connectivity index (χ1) is 17.2. The number of halogens is 3. The van der Waals surface area contributed by atoms with Gasteiger partial charge in [0, 0.05) is 29.9 Å². The standard InChI is InChI=1S/C27H28F3N3O3/c1-17-6-9-23(25(34)31-17)33-16-21-14-19(7-8-22(21)26(33)35)18-10-12-32(13-11-18)15-20-4-2-3-5-24(20)36-27(28,29)30/h2-5,7-8,14,18,23H,1,6,9-13,15-16H2,(H,31,34). The lowest BCUT2D eigenvalue weighted by atomic mass is 9.87. The van der Waals surface area contributed by atoms with E-state index in [0.29, 0.717) is 48.7 Å². The van der Waals surface area contributed by atoms with Crippen molar-refractivity contribution in [2.45, 2.75) is 57.1 Å². The fourth-order valence-electron chi connectivity index (χ4n) is 5.45. The van der Waals surface area contributed by atoms with Gasteiger partial charge >= 0.3 is 6.36 Å². The van der Waals surface area contributed by atoms with Crippen LogP contribution in [0.3, 0.4) is 0 Å². The smallest absolute Gasteiger partial charge is 0.405 e. The Balaban J connectivity index is 1.21. The van der Waals surface area contributed by atoms with Gasteiger partial charge in [-0.2, -0.15) is 0 Å². The lowest BCUT2D eigenvalue weighted by Crippen LogP contribution is -2.49. The quantitative estimate of drug-likeness (QED) is 0.647. The number of ether oxygens (including phenoxy) is 1. The van der Waals surface area contributed by atoms with Crippen LogP contribution in [0.2, 0.25) is 0 Å². The van der Waals surface area contributed by atoms with Gasteiger partial charge in [-0.25, -0.2) is 0 Å². The van der Waals surface area contributed by atoms with Crippen molar-refractivity contribution < 1.29 is 27.5 Å². The fraction of sp³-hybridized carbons (Fsp3) is 0.407. The molecule has 6 nitrogen and oxygen atoms in total. The molecule has 2 saturated heterocycles. The van der Waals surface area contributed by atoms with Gasteiger partial charge in [0.1, 0.15) is 11.8 Å². The van der Waals surface area contributed by atoms with Crippen molar-refractivity contribution in [3.63, 3.8) is 0 Å². The number of nitrogens with zero attached hydrogens (tertiary/aromatic N) is 2. The van der Waals surface area contributed by atoms with Crippen LogP contribution in [-0.2, 0) is 17.9 Å². The highest BCUT2D eigenvalue weighted by molar-refractivity contribution is 6.01. The molecule has 2 amide bonds. The van der Waals surface area contributed by atoms with Crippen LogP contribution in [0.5, 0.6) is 5.75 Å². The summed E-state index contributed by atoms with van der Waals surface area (Å²) < 4.78 is 42.4. The molecule has 190 valence electrons. The summed E-state index contributed by atoms with van der Waals surface area (Å²) in [5.41, 5.74) is 3.94. The summed E-state index contributed by atoms with van der Waals surface area (Å²) in [5.74, 6) is -0.143. The number of alkyl halides is 3. The van der Waals surface area contributed by atoms with Crippen LogP contribution in [0.25, 0.3) is 0 Å². The molecule has 0 spiro atoms. The normalized spacial score (nSPS) is 21.5. The minimum absolute atomic E-state index is 0.112. The Morgan fingerprint density at radius 3 is 2.53 bits per heavy atom. The molecule has 3 aliphatic heterocycles. The van der Waals surface area contributed by atoms with Gasteiger partial charge in [-0.1, -0.05) is 36.9 Å². The molecule has 1 unspecified atom stereocenters. The Labute approximate surface area is 207 Å². The van der Waals surface area contributed by atoms with Crippen molar-refractivity contribution in [3.05, 3.63) is 77.0 Å². The van der Waals surface area contributed by atoms with E-state index in [4.69, 9.17) is 0 Å². The number of carbonyl (C=O) groups is 2. The van der Waals surface area contributed by atoms with Crippen molar-refractivity contribution in [1.82, 2.24) is 15.1 Å². The zero-order chi connectivity index (χ0) is 25.4. The van der Waals surface area contributed by atoms with Crippen LogP contribution in [0.1, 0.15) is 58.6 Å². The van der Waals surface area contributed by atoms with Crippen molar-refractivity contribution in [1.29, 1.82) is 0 Å². The molecule has 5 rings (SSSR count). The Kier molecular flexibility index (Phi) is 6.51. The van der Waals surface area contributed by atoms with E-state index >= 15 is 0 Å². The molecule has 0 aliphatic carbocycles. The number of amides is 2. The maximum Gasteiger partial charge on any atom is 0.573 e. The number of likely N-dealkylation sites (tertiary alicyclic amines) is 1. The molecule has 1 atom stereocenters. The molecule has 1 N–H and O–H groups in total. The minimum atomic E-state index is -4.72. The van der Waals surface area contributed by atoms with Crippen LogP contribution in [0, 0.1) is 0 Å². The number of carbonyl (C=O) groups excluding carboxylic acids is 2. The van der Waals surface area contributed by atoms with E-state index in [2.05, 4.69) is 27.6 Å². The molecule has 3 aliphatic rings. The number of hydrogen-bond donors (Lipinski definition) is 1. The molecule has 2 fully saturated rings. The van der Waals surface area contributed by atoms with Gasteiger partial charge in [0.25, 0.3) is 5.91 Å². The van der Waals surface area contributed by atoms with Crippen molar-refractivity contribution in [2.75, 3.05) is 13.1 Å². The molecule has 36 heavy (non-hydrogen) atoms. The number of rotatable bonds is 5. The van der Waals surface area contributed by atoms with E-state index < -0.39 is 12.4 Å². The molecular weight excluding hydrogens is 471 g/mol. The predicted octanol–water partition coefficient (Wildman–Crippen LogP) is 4.71. The Morgan fingerprint density at radius 2 is 1.81 bits per heavy atom. The fourth-order valence-corrected chi connectivity index (χ4v) is 5.45. The molecule has 0 radical (unpaired) electrons. The largest absolute Gasteiger partial charge is 0.573 e. The van der Waals surface area contributed by atoms with Gasteiger partial charge < -0.3 is 15.0 Å². The summed E-state index contributed by atoms with van der Waals surface area (Å²) >= 11 is 0. The third-order valence-electron chi connectivity index (χ3n) is 7.31. The Morgan fingerprint density at radius 1 is 1.06 bits per heavy atom. The topological polar surface area (TPSA) is 61.9 Å². The number of nitrogens with one attached hydrogen (secondary N) is 1. The molecule has 2 aromatic carbocycles. The third kappa shape index (κ3) is 5.11. The van der Waals surface area contributed by atoms with Gasteiger partial charge in [-0.3, -0.25) is 14.5 Å². The third-order valence-corrected chi connectivity index (χ3v) is 7.31. The first-order valence-electron chi connectivity index (χ1n) is 12.2. The number of para-hydroxylation sites is 1. The maximum atomic E-state index is 13.0. The summed E-state index contributed by atoms with van der Waals surface area (Å²) in [4.78, 5) is 29.2. The summed E-state index contributed by atoms with van der Waals surface area (Å²) in [6.07, 6.45) is -1.75. The summed E-state index contributed by atoms with van der Waals surface area (Å²) in [5, 5.41) is 2.76. The highest BCUT2D eigenvalue weighted by Gasteiger charge is 2.38. The van der Waals surface area contributed by atoms with Gasteiger partial charge in [0.15, 0.2) is 0 Å². The predicted molar refractivity (Wildman–Crippen MR) is 127 cm³/mol. The molecular formula is C27H28F3N3O3. The molecule has 2 aromatic rings. The van der Waals surface area contributed by atoms with E-state index in [9.17, 15) is 22.8 Å². The monoisotopic (exact) mass is 499 g/mol. The van der Waals surface area contributed by atoms with E-state index in [0.717, 1.165) is 37.1 Å². The second-order valence-corrected chi connectivity index (χ2v) is 9.70. The first kappa shape index (κ1) is 24.4. The number of allylic oxidation sites excluding steroid dienone is 1. The van der Waals surface area contributed by atoms with Gasteiger partial charge in [-0.15, -0.1) is 13.2 Å². The van der Waals surface area contributed by atoms with Crippen LogP contribution in [-0.4, -0.2) is 47.1 Å². The Hall–Kier alpha value is -3.33. The van der Waals surface area contributed by atoms with E-state index in [1.807, 2.05) is 12.1 Å².